The van der Waals surface area contributed by atoms with Gasteiger partial charge in [0.1, 0.15) is 0 Å². The Hall–Kier alpha value is -0.570. The summed E-state index contributed by atoms with van der Waals surface area (Å²) in [5.74, 6) is 0.322. The van der Waals surface area contributed by atoms with Crippen LogP contribution in [0.1, 0.15) is 53.4 Å². The molecule has 96 valence electrons. The number of esters is 1. The summed E-state index contributed by atoms with van der Waals surface area (Å²) in [6.07, 6.45) is 4.61. The minimum Gasteiger partial charge on any atom is -0.465 e. The van der Waals surface area contributed by atoms with Crippen molar-refractivity contribution in [1.29, 1.82) is 0 Å². The zero-order valence-corrected chi connectivity index (χ0v) is 11.2. The van der Waals surface area contributed by atoms with E-state index in [1.165, 1.54) is 12.8 Å². The average molecular weight is 229 g/mol. The normalized spacial score (nSPS) is 13.6. The van der Waals surface area contributed by atoms with E-state index < -0.39 is 5.41 Å². The van der Waals surface area contributed by atoms with Crippen LogP contribution >= 0.6 is 0 Å². The van der Waals surface area contributed by atoms with E-state index in [-0.39, 0.29) is 5.97 Å². The van der Waals surface area contributed by atoms with E-state index in [1.54, 1.807) is 0 Å². The molecule has 0 fully saturated rings. The Kier molecular flexibility index (Phi) is 7.39. The molecule has 0 aromatic rings. The molecule has 0 aliphatic carbocycles. The van der Waals surface area contributed by atoms with Gasteiger partial charge in [-0.2, -0.15) is 0 Å². The molecule has 0 saturated heterocycles. The summed E-state index contributed by atoms with van der Waals surface area (Å²) in [5.41, 5.74) is 4.97. The molecule has 0 amide bonds. The fourth-order valence-corrected chi connectivity index (χ4v) is 1.37. The van der Waals surface area contributed by atoms with Crippen molar-refractivity contribution in [2.45, 2.75) is 53.4 Å². The average Bonchev–Trinajstić information content (AvgIpc) is 2.28. The Labute approximate surface area is 99.7 Å². The first-order valence-electron chi connectivity index (χ1n) is 6.35. The van der Waals surface area contributed by atoms with Crippen LogP contribution in [0.4, 0.5) is 0 Å². The summed E-state index contributed by atoms with van der Waals surface area (Å²) in [4.78, 5) is 11.7. The summed E-state index contributed by atoms with van der Waals surface area (Å²) < 4.78 is 5.33. The molecule has 0 saturated carbocycles. The second kappa shape index (κ2) is 7.66. The predicted molar refractivity (Wildman–Crippen MR) is 67.1 cm³/mol. The van der Waals surface area contributed by atoms with E-state index in [2.05, 4.69) is 13.8 Å². The summed E-state index contributed by atoms with van der Waals surface area (Å²) in [6.45, 7) is 8.83. The molecule has 0 heterocycles. The van der Waals surface area contributed by atoms with Crippen LogP contribution in [0.5, 0.6) is 0 Å². The SMILES string of the molecule is CCCCC(CC)COC(=O)C(C)(C)CN. The number of ether oxygens (including phenoxy) is 1. The van der Waals surface area contributed by atoms with Gasteiger partial charge in [0.2, 0.25) is 0 Å². The van der Waals surface area contributed by atoms with Crippen molar-refractivity contribution in [2.75, 3.05) is 13.2 Å². The number of carbonyl (C=O) groups is 1. The van der Waals surface area contributed by atoms with E-state index in [0.29, 0.717) is 19.1 Å². The molecular formula is C13H27NO2. The largest absolute Gasteiger partial charge is 0.465 e. The molecule has 0 aromatic carbocycles. The van der Waals surface area contributed by atoms with Gasteiger partial charge in [-0.3, -0.25) is 4.79 Å². The number of nitrogens with two attached hydrogens (primary N) is 1. The third-order valence-corrected chi connectivity index (χ3v) is 3.06. The van der Waals surface area contributed by atoms with Crippen LogP contribution in [-0.4, -0.2) is 19.1 Å². The second-order valence-electron chi connectivity index (χ2n) is 5.10. The summed E-state index contributed by atoms with van der Waals surface area (Å²) in [5, 5.41) is 0. The minimum absolute atomic E-state index is 0.176. The van der Waals surface area contributed by atoms with Crippen molar-refractivity contribution in [1.82, 2.24) is 0 Å². The number of carbonyl (C=O) groups excluding carboxylic acids is 1. The van der Waals surface area contributed by atoms with Crippen LogP contribution < -0.4 is 5.73 Å². The topological polar surface area (TPSA) is 52.3 Å². The first kappa shape index (κ1) is 15.4. The highest BCUT2D eigenvalue weighted by Gasteiger charge is 2.28. The number of rotatable bonds is 8. The molecule has 0 rings (SSSR count). The first-order valence-corrected chi connectivity index (χ1v) is 6.35. The van der Waals surface area contributed by atoms with E-state index in [9.17, 15) is 4.79 Å². The Bertz CT molecular complexity index is 202. The van der Waals surface area contributed by atoms with E-state index in [4.69, 9.17) is 10.5 Å². The second-order valence-corrected chi connectivity index (χ2v) is 5.10. The van der Waals surface area contributed by atoms with Gasteiger partial charge in [-0.15, -0.1) is 0 Å². The quantitative estimate of drug-likeness (QED) is 0.651. The monoisotopic (exact) mass is 229 g/mol. The minimum atomic E-state index is -0.553. The van der Waals surface area contributed by atoms with Crippen molar-refractivity contribution in [3.05, 3.63) is 0 Å². The fourth-order valence-electron chi connectivity index (χ4n) is 1.37. The molecule has 2 N–H and O–H groups in total. The van der Waals surface area contributed by atoms with Crippen molar-refractivity contribution in [2.24, 2.45) is 17.1 Å². The lowest BCUT2D eigenvalue weighted by atomic mass is 9.94. The van der Waals surface area contributed by atoms with Gasteiger partial charge in [0, 0.05) is 6.54 Å². The molecule has 1 unspecified atom stereocenters. The molecule has 16 heavy (non-hydrogen) atoms. The van der Waals surface area contributed by atoms with Crippen LogP contribution in [0.3, 0.4) is 0 Å². The highest BCUT2D eigenvalue weighted by Crippen LogP contribution is 2.18. The molecular weight excluding hydrogens is 202 g/mol. The molecule has 1 atom stereocenters. The molecule has 0 bridgehead atoms. The molecule has 3 nitrogen and oxygen atoms in total. The fraction of sp³-hybridized carbons (Fsp3) is 0.923. The molecule has 0 aliphatic rings. The zero-order valence-electron chi connectivity index (χ0n) is 11.2. The van der Waals surface area contributed by atoms with Crippen molar-refractivity contribution in [3.63, 3.8) is 0 Å². The third kappa shape index (κ3) is 5.50. The van der Waals surface area contributed by atoms with Crippen molar-refractivity contribution >= 4 is 5.97 Å². The van der Waals surface area contributed by atoms with Crippen LogP contribution in [0, 0.1) is 11.3 Å². The standard InChI is InChI=1S/C13H27NO2/c1-5-7-8-11(6-2)9-16-12(15)13(3,4)10-14/h11H,5-10,14H2,1-4H3. The molecule has 0 aromatic heterocycles. The van der Waals surface area contributed by atoms with Gasteiger partial charge >= 0.3 is 5.97 Å². The van der Waals surface area contributed by atoms with Gasteiger partial charge in [-0.1, -0.05) is 33.1 Å². The van der Waals surface area contributed by atoms with E-state index >= 15 is 0 Å². The molecule has 3 heteroatoms. The molecule has 0 radical (unpaired) electrons. The lowest BCUT2D eigenvalue weighted by molar-refractivity contribution is -0.154. The van der Waals surface area contributed by atoms with Gasteiger partial charge in [0.15, 0.2) is 0 Å². The number of hydrogen-bond acceptors (Lipinski definition) is 3. The summed E-state index contributed by atoms with van der Waals surface area (Å²) >= 11 is 0. The lowest BCUT2D eigenvalue weighted by Crippen LogP contribution is -2.35. The summed E-state index contributed by atoms with van der Waals surface area (Å²) in [7, 11) is 0. The van der Waals surface area contributed by atoms with E-state index in [0.717, 1.165) is 12.8 Å². The first-order chi connectivity index (χ1) is 7.47. The highest BCUT2D eigenvalue weighted by molar-refractivity contribution is 5.76. The Morgan fingerprint density at radius 3 is 2.44 bits per heavy atom. The Balaban J connectivity index is 3.97. The lowest BCUT2D eigenvalue weighted by Gasteiger charge is -2.22. The smallest absolute Gasteiger partial charge is 0.312 e. The maximum Gasteiger partial charge on any atom is 0.312 e. The van der Waals surface area contributed by atoms with Gasteiger partial charge in [0.25, 0.3) is 0 Å². The van der Waals surface area contributed by atoms with Gasteiger partial charge in [-0.05, 0) is 26.2 Å². The maximum absolute atomic E-state index is 11.7. The van der Waals surface area contributed by atoms with Crippen molar-refractivity contribution in [3.8, 4) is 0 Å². The maximum atomic E-state index is 11.7. The highest BCUT2D eigenvalue weighted by atomic mass is 16.5. The number of unbranched alkanes of at least 4 members (excludes halogenated alkanes) is 1. The van der Waals surface area contributed by atoms with Crippen molar-refractivity contribution < 1.29 is 9.53 Å². The van der Waals surface area contributed by atoms with Gasteiger partial charge in [0.05, 0.1) is 12.0 Å². The van der Waals surface area contributed by atoms with Crippen LogP contribution in [0.25, 0.3) is 0 Å². The third-order valence-electron chi connectivity index (χ3n) is 3.06. The number of hydrogen-bond donors (Lipinski definition) is 1. The molecule has 0 spiro atoms. The summed E-state index contributed by atoms with van der Waals surface area (Å²) in [6, 6.07) is 0. The Morgan fingerprint density at radius 2 is 2.00 bits per heavy atom. The Morgan fingerprint density at radius 1 is 1.38 bits per heavy atom. The van der Waals surface area contributed by atoms with Gasteiger partial charge < -0.3 is 10.5 Å². The van der Waals surface area contributed by atoms with Crippen LogP contribution in [-0.2, 0) is 9.53 Å². The predicted octanol–water partition coefficient (Wildman–Crippen LogP) is 2.73. The van der Waals surface area contributed by atoms with Gasteiger partial charge in [-0.25, -0.2) is 0 Å². The van der Waals surface area contributed by atoms with Crippen LogP contribution in [0.15, 0.2) is 0 Å². The van der Waals surface area contributed by atoms with Crippen LogP contribution in [0.2, 0.25) is 0 Å². The van der Waals surface area contributed by atoms with E-state index in [1.807, 2.05) is 13.8 Å². The zero-order chi connectivity index (χ0) is 12.6. The molecule has 0 aliphatic heterocycles.